The van der Waals surface area contributed by atoms with Crippen molar-refractivity contribution in [3.63, 3.8) is 0 Å². The standard InChI is InChI=1S/C20H29N5O2/c1-24(15-18-14-22-23-19(18)17-5-3-2-4-6-17)20(27)21-13-16-7-9-25(10-8-16)11-12-26/h2-6,14,16,26H,7-13,15H2,1H3,(H,21,27)(H,22,23). The molecule has 2 amide bonds. The molecule has 7 heteroatoms. The number of nitrogens with zero attached hydrogens (tertiary/aromatic N) is 3. The largest absolute Gasteiger partial charge is 0.395 e. The summed E-state index contributed by atoms with van der Waals surface area (Å²) in [7, 11) is 1.81. The van der Waals surface area contributed by atoms with Gasteiger partial charge in [0.15, 0.2) is 0 Å². The average molecular weight is 371 g/mol. The van der Waals surface area contributed by atoms with Crippen LogP contribution in [0.4, 0.5) is 4.79 Å². The van der Waals surface area contributed by atoms with Crippen molar-refractivity contribution >= 4 is 6.03 Å². The third-order valence-corrected chi connectivity index (χ3v) is 5.20. The molecule has 1 aliphatic heterocycles. The first-order chi connectivity index (χ1) is 13.2. The summed E-state index contributed by atoms with van der Waals surface area (Å²) in [4.78, 5) is 16.4. The van der Waals surface area contributed by atoms with E-state index in [0.29, 0.717) is 19.0 Å². The van der Waals surface area contributed by atoms with E-state index in [0.717, 1.165) is 49.3 Å². The summed E-state index contributed by atoms with van der Waals surface area (Å²) < 4.78 is 0. The van der Waals surface area contributed by atoms with Crippen molar-refractivity contribution in [1.29, 1.82) is 0 Å². The van der Waals surface area contributed by atoms with Gasteiger partial charge < -0.3 is 20.2 Å². The van der Waals surface area contributed by atoms with Gasteiger partial charge in [0.05, 0.1) is 25.0 Å². The number of carbonyl (C=O) groups is 1. The number of carbonyl (C=O) groups excluding carboxylic acids is 1. The third-order valence-electron chi connectivity index (χ3n) is 5.20. The van der Waals surface area contributed by atoms with Crippen LogP contribution in [0.15, 0.2) is 36.5 Å². The SMILES string of the molecule is CN(Cc1cn[nH]c1-c1ccccc1)C(=O)NCC1CCN(CCO)CC1. The Hall–Kier alpha value is -2.38. The van der Waals surface area contributed by atoms with Crippen molar-refractivity contribution in [2.24, 2.45) is 5.92 Å². The van der Waals surface area contributed by atoms with Crippen LogP contribution in [0.1, 0.15) is 18.4 Å². The number of β-amino-alcohol motifs (C(OH)–C–C–N with tert-alkyl or cyclic N) is 1. The number of nitrogens with one attached hydrogen (secondary N) is 2. The van der Waals surface area contributed by atoms with E-state index in [9.17, 15) is 4.79 Å². The van der Waals surface area contributed by atoms with Gasteiger partial charge in [-0.05, 0) is 37.4 Å². The summed E-state index contributed by atoms with van der Waals surface area (Å²) in [6, 6.07) is 9.95. The number of benzene rings is 1. The molecule has 0 aliphatic carbocycles. The Bertz CT molecular complexity index is 710. The number of likely N-dealkylation sites (tertiary alicyclic amines) is 1. The van der Waals surface area contributed by atoms with Gasteiger partial charge in [0, 0.05) is 25.7 Å². The van der Waals surface area contributed by atoms with Crippen LogP contribution >= 0.6 is 0 Å². The maximum Gasteiger partial charge on any atom is 0.317 e. The highest BCUT2D eigenvalue weighted by Gasteiger charge is 2.20. The van der Waals surface area contributed by atoms with Crippen LogP contribution in [0.25, 0.3) is 11.3 Å². The van der Waals surface area contributed by atoms with Crippen LogP contribution in [-0.4, -0.2) is 71.0 Å². The Balaban J connectivity index is 1.47. The van der Waals surface area contributed by atoms with Gasteiger partial charge >= 0.3 is 6.03 Å². The van der Waals surface area contributed by atoms with E-state index in [1.807, 2.05) is 30.3 Å². The minimum Gasteiger partial charge on any atom is -0.395 e. The second kappa shape index (κ2) is 9.53. The molecule has 2 aromatic rings. The molecule has 0 atom stereocenters. The average Bonchev–Trinajstić information content (AvgIpc) is 3.16. The summed E-state index contributed by atoms with van der Waals surface area (Å²) in [5.74, 6) is 0.506. The number of aliphatic hydroxyl groups excluding tert-OH is 1. The molecule has 146 valence electrons. The zero-order valence-corrected chi connectivity index (χ0v) is 15.9. The molecule has 0 bridgehead atoms. The minimum atomic E-state index is -0.0620. The predicted molar refractivity (Wildman–Crippen MR) is 105 cm³/mol. The Labute approximate surface area is 160 Å². The lowest BCUT2D eigenvalue weighted by Gasteiger charge is -2.31. The Morgan fingerprint density at radius 2 is 2.07 bits per heavy atom. The molecule has 0 saturated carbocycles. The number of urea groups is 1. The molecule has 1 saturated heterocycles. The molecular weight excluding hydrogens is 342 g/mol. The van der Waals surface area contributed by atoms with E-state index in [4.69, 9.17) is 5.11 Å². The monoisotopic (exact) mass is 371 g/mol. The van der Waals surface area contributed by atoms with Crippen molar-refractivity contribution in [3.8, 4) is 11.3 Å². The van der Waals surface area contributed by atoms with Crippen LogP contribution in [0.5, 0.6) is 0 Å². The van der Waals surface area contributed by atoms with E-state index in [2.05, 4.69) is 20.4 Å². The fourth-order valence-corrected chi connectivity index (χ4v) is 3.54. The van der Waals surface area contributed by atoms with Gasteiger partial charge in [0.1, 0.15) is 0 Å². The molecule has 0 unspecified atom stereocenters. The van der Waals surface area contributed by atoms with E-state index in [-0.39, 0.29) is 12.6 Å². The lowest BCUT2D eigenvalue weighted by Crippen LogP contribution is -2.42. The van der Waals surface area contributed by atoms with Gasteiger partial charge in [0.2, 0.25) is 0 Å². The number of aliphatic hydroxyl groups is 1. The first kappa shape index (κ1) is 19.4. The van der Waals surface area contributed by atoms with Gasteiger partial charge in [-0.2, -0.15) is 5.10 Å². The smallest absolute Gasteiger partial charge is 0.317 e. The second-order valence-corrected chi connectivity index (χ2v) is 7.19. The van der Waals surface area contributed by atoms with Crippen molar-refractivity contribution < 1.29 is 9.90 Å². The molecule has 1 aliphatic rings. The molecule has 1 aromatic heterocycles. The molecule has 27 heavy (non-hydrogen) atoms. The van der Waals surface area contributed by atoms with Crippen molar-refractivity contribution in [2.45, 2.75) is 19.4 Å². The third kappa shape index (κ3) is 5.30. The zero-order valence-electron chi connectivity index (χ0n) is 15.9. The van der Waals surface area contributed by atoms with Crippen LogP contribution in [0.2, 0.25) is 0 Å². The van der Waals surface area contributed by atoms with Gasteiger partial charge in [-0.25, -0.2) is 4.79 Å². The Kier molecular flexibility index (Phi) is 6.84. The number of piperidine rings is 1. The topological polar surface area (TPSA) is 84.5 Å². The van der Waals surface area contributed by atoms with E-state index in [1.54, 1.807) is 18.1 Å². The van der Waals surface area contributed by atoms with Gasteiger partial charge in [0.25, 0.3) is 0 Å². The van der Waals surface area contributed by atoms with Crippen LogP contribution in [0, 0.1) is 5.92 Å². The zero-order chi connectivity index (χ0) is 19.1. The lowest BCUT2D eigenvalue weighted by atomic mass is 9.97. The van der Waals surface area contributed by atoms with Crippen molar-refractivity contribution in [3.05, 3.63) is 42.1 Å². The fraction of sp³-hybridized carbons (Fsp3) is 0.500. The fourth-order valence-electron chi connectivity index (χ4n) is 3.54. The molecule has 7 nitrogen and oxygen atoms in total. The molecule has 1 aromatic carbocycles. The summed E-state index contributed by atoms with van der Waals surface area (Å²) in [5, 5.41) is 19.2. The Morgan fingerprint density at radius 3 is 2.78 bits per heavy atom. The first-order valence-electron chi connectivity index (χ1n) is 9.57. The number of aromatic amines is 1. The molecule has 0 spiro atoms. The van der Waals surface area contributed by atoms with Gasteiger partial charge in [-0.3, -0.25) is 5.10 Å². The predicted octanol–water partition coefficient (Wildman–Crippen LogP) is 1.92. The number of hydrogen-bond donors (Lipinski definition) is 3. The highest BCUT2D eigenvalue weighted by atomic mass is 16.3. The summed E-state index contributed by atoms with van der Waals surface area (Å²) in [6.07, 6.45) is 3.90. The number of hydrogen-bond acceptors (Lipinski definition) is 4. The summed E-state index contributed by atoms with van der Waals surface area (Å²) in [5.41, 5.74) is 3.01. The highest BCUT2D eigenvalue weighted by Crippen LogP contribution is 2.21. The normalized spacial score (nSPS) is 15.6. The minimum absolute atomic E-state index is 0.0620. The number of aromatic nitrogens is 2. The van der Waals surface area contributed by atoms with Crippen LogP contribution < -0.4 is 5.32 Å². The molecule has 3 N–H and O–H groups in total. The van der Waals surface area contributed by atoms with E-state index >= 15 is 0 Å². The number of amides is 2. The molecule has 0 radical (unpaired) electrons. The molecule has 2 heterocycles. The Morgan fingerprint density at radius 1 is 1.33 bits per heavy atom. The van der Waals surface area contributed by atoms with E-state index in [1.165, 1.54) is 0 Å². The number of rotatable bonds is 7. The summed E-state index contributed by atoms with van der Waals surface area (Å²) in [6.45, 7) is 4.15. The summed E-state index contributed by atoms with van der Waals surface area (Å²) >= 11 is 0. The van der Waals surface area contributed by atoms with Gasteiger partial charge in [-0.15, -0.1) is 0 Å². The quantitative estimate of drug-likeness (QED) is 0.694. The molecule has 3 rings (SSSR count). The maximum atomic E-state index is 12.5. The second-order valence-electron chi connectivity index (χ2n) is 7.19. The maximum absolute atomic E-state index is 12.5. The van der Waals surface area contributed by atoms with Crippen LogP contribution in [-0.2, 0) is 6.54 Å². The van der Waals surface area contributed by atoms with Crippen molar-refractivity contribution in [1.82, 2.24) is 25.3 Å². The van der Waals surface area contributed by atoms with Crippen LogP contribution in [0.3, 0.4) is 0 Å². The number of H-pyrrole nitrogens is 1. The molecule has 1 fully saturated rings. The van der Waals surface area contributed by atoms with Gasteiger partial charge in [-0.1, -0.05) is 30.3 Å². The van der Waals surface area contributed by atoms with Crippen molar-refractivity contribution in [2.75, 3.05) is 39.8 Å². The molecular formula is C20H29N5O2. The highest BCUT2D eigenvalue weighted by molar-refractivity contribution is 5.74. The van der Waals surface area contributed by atoms with E-state index < -0.39 is 0 Å². The first-order valence-corrected chi connectivity index (χ1v) is 9.57. The lowest BCUT2D eigenvalue weighted by molar-refractivity contribution is 0.145.